The molecule has 0 aliphatic carbocycles. The number of aryl methyl sites for hydroxylation is 1. The Kier molecular flexibility index (Phi) is 2.69. The third kappa shape index (κ3) is 1.88. The molecule has 0 spiro atoms. The van der Waals surface area contributed by atoms with Crippen LogP contribution in [0.5, 0.6) is 0 Å². The van der Waals surface area contributed by atoms with Gasteiger partial charge < -0.3 is 15.6 Å². The van der Waals surface area contributed by atoms with Gasteiger partial charge in [-0.15, -0.1) is 0 Å². The van der Waals surface area contributed by atoms with Gasteiger partial charge in [0.15, 0.2) is 0 Å². The lowest BCUT2D eigenvalue weighted by Gasteiger charge is -2.26. The molecule has 1 aliphatic heterocycles. The molecule has 0 amide bonds. The normalized spacial score (nSPS) is 18.6. The lowest BCUT2D eigenvalue weighted by molar-refractivity contribution is 0.231. The molecule has 1 aromatic rings. The van der Waals surface area contributed by atoms with Crippen molar-refractivity contribution >= 4 is 5.82 Å². The number of rotatable bonds is 2. The third-order valence-electron chi connectivity index (χ3n) is 2.65. The third-order valence-corrected chi connectivity index (χ3v) is 2.65. The van der Waals surface area contributed by atoms with Crippen molar-refractivity contribution in [3.8, 4) is 0 Å². The van der Waals surface area contributed by atoms with Gasteiger partial charge in [0, 0.05) is 39.8 Å². The van der Waals surface area contributed by atoms with Crippen LogP contribution in [0.25, 0.3) is 0 Å². The van der Waals surface area contributed by atoms with E-state index in [4.69, 9.17) is 5.73 Å². The van der Waals surface area contributed by atoms with Gasteiger partial charge in [-0.25, -0.2) is 4.98 Å². The van der Waals surface area contributed by atoms with Crippen molar-refractivity contribution < 1.29 is 0 Å². The molecule has 0 atom stereocenters. The van der Waals surface area contributed by atoms with Gasteiger partial charge >= 0.3 is 0 Å². The van der Waals surface area contributed by atoms with Crippen molar-refractivity contribution in [1.82, 2.24) is 19.8 Å². The number of hydrogen-bond donors (Lipinski definition) is 2. The quantitative estimate of drug-likeness (QED) is 0.662. The minimum atomic E-state index is 0.781. The summed E-state index contributed by atoms with van der Waals surface area (Å²) in [6, 6.07) is 0. The van der Waals surface area contributed by atoms with Crippen LogP contribution in [0.4, 0.5) is 5.82 Å². The van der Waals surface area contributed by atoms with E-state index >= 15 is 0 Å². The molecule has 0 unspecified atom stereocenters. The Morgan fingerprint density at radius 3 is 2.79 bits per heavy atom. The van der Waals surface area contributed by atoms with E-state index in [9.17, 15) is 0 Å². The van der Waals surface area contributed by atoms with Crippen molar-refractivity contribution in [2.45, 2.75) is 6.54 Å². The number of nitrogens with two attached hydrogens (primary N) is 1. The molecule has 1 fully saturated rings. The molecule has 2 heterocycles. The van der Waals surface area contributed by atoms with E-state index in [1.165, 1.54) is 0 Å². The molecule has 5 heteroatoms. The largest absolute Gasteiger partial charge is 0.384 e. The number of aromatic nitrogens is 2. The average Bonchev–Trinajstić information content (AvgIpc) is 2.52. The molecule has 0 radical (unpaired) electrons. The Morgan fingerprint density at radius 1 is 1.50 bits per heavy atom. The van der Waals surface area contributed by atoms with Gasteiger partial charge in [0.1, 0.15) is 5.82 Å². The molecule has 2 rings (SSSR count). The first-order valence-corrected chi connectivity index (χ1v) is 4.96. The van der Waals surface area contributed by atoms with E-state index in [2.05, 4.69) is 15.2 Å². The van der Waals surface area contributed by atoms with E-state index in [0.29, 0.717) is 0 Å². The minimum absolute atomic E-state index is 0.781. The van der Waals surface area contributed by atoms with Gasteiger partial charge in [-0.2, -0.15) is 0 Å². The van der Waals surface area contributed by atoms with Crippen molar-refractivity contribution in [1.29, 1.82) is 0 Å². The van der Waals surface area contributed by atoms with E-state index in [0.717, 1.165) is 44.2 Å². The number of piperazine rings is 1. The molecule has 3 N–H and O–H groups in total. The number of nitrogens with one attached hydrogen (secondary N) is 1. The minimum Gasteiger partial charge on any atom is -0.384 e. The Bertz CT molecular complexity index is 300. The number of imidazole rings is 1. The second-order valence-corrected chi connectivity index (χ2v) is 3.71. The van der Waals surface area contributed by atoms with Crippen LogP contribution < -0.4 is 11.1 Å². The highest BCUT2D eigenvalue weighted by molar-refractivity contribution is 5.35. The summed E-state index contributed by atoms with van der Waals surface area (Å²) in [7, 11) is 1.92. The lowest BCUT2D eigenvalue weighted by Crippen LogP contribution is -2.43. The second kappa shape index (κ2) is 3.98. The summed E-state index contributed by atoms with van der Waals surface area (Å²) in [5, 5.41) is 3.32. The summed E-state index contributed by atoms with van der Waals surface area (Å²) in [5.74, 6) is 0.781. The molecule has 0 saturated carbocycles. The molecule has 1 aromatic heterocycles. The summed E-state index contributed by atoms with van der Waals surface area (Å²) in [5.41, 5.74) is 6.87. The second-order valence-electron chi connectivity index (χ2n) is 3.71. The van der Waals surface area contributed by atoms with Crippen molar-refractivity contribution in [2.24, 2.45) is 7.05 Å². The van der Waals surface area contributed by atoms with Crippen LogP contribution in [-0.2, 0) is 13.6 Å². The Morgan fingerprint density at radius 2 is 2.21 bits per heavy atom. The highest BCUT2D eigenvalue weighted by atomic mass is 15.2. The molecule has 1 aliphatic rings. The van der Waals surface area contributed by atoms with Crippen LogP contribution in [0, 0.1) is 0 Å². The fraction of sp³-hybridized carbons (Fsp3) is 0.667. The zero-order chi connectivity index (χ0) is 9.97. The number of hydrogen-bond acceptors (Lipinski definition) is 4. The standard InChI is InChI=1S/C9H17N5/c1-13-7-12-8(9(13)10)6-14-4-2-11-3-5-14/h7,11H,2-6,10H2,1H3. The van der Waals surface area contributed by atoms with E-state index in [1.54, 1.807) is 6.33 Å². The van der Waals surface area contributed by atoms with Crippen LogP contribution in [0.3, 0.4) is 0 Å². The zero-order valence-corrected chi connectivity index (χ0v) is 8.53. The van der Waals surface area contributed by atoms with Crippen LogP contribution in [0.2, 0.25) is 0 Å². The molecule has 0 bridgehead atoms. The first-order valence-electron chi connectivity index (χ1n) is 4.96. The Balaban J connectivity index is 1.99. The molecule has 14 heavy (non-hydrogen) atoms. The first kappa shape index (κ1) is 9.48. The highest BCUT2D eigenvalue weighted by Gasteiger charge is 2.13. The Labute approximate surface area is 83.9 Å². The van der Waals surface area contributed by atoms with Crippen molar-refractivity contribution in [3.05, 3.63) is 12.0 Å². The van der Waals surface area contributed by atoms with Crippen molar-refractivity contribution in [3.63, 3.8) is 0 Å². The topological polar surface area (TPSA) is 59.1 Å². The van der Waals surface area contributed by atoms with Gasteiger partial charge in [0.2, 0.25) is 0 Å². The molecular weight excluding hydrogens is 178 g/mol. The van der Waals surface area contributed by atoms with Gasteiger partial charge in [0.25, 0.3) is 0 Å². The summed E-state index contributed by atoms with van der Waals surface area (Å²) >= 11 is 0. The molecule has 1 saturated heterocycles. The van der Waals surface area contributed by atoms with Gasteiger partial charge in [0.05, 0.1) is 12.0 Å². The van der Waals surface area contributed by atoms with E-state index in [-0.39, 0.29) is 0 Å². The van der Waals surface area contributed by atoms with Gasteiger partial charge in [-0.1, -0.05) is 0 Å². The van der Waals surface area contributed by atoms with E-state index in [1.807, 2.05) is 11.6 Å². The maximum absolute atomic E-state index is 5.88. The molecular formula is C9H17N5. The monoisotopic (exact) mass is 195 g/mol. The average molecular weight is 195 g/mol. The summed E-state index contributed by atoms with van der Waals surface area (Å²) < 4.78 is 1.86. The van der Waals surface area contributed by atoms with Crippen LogP contribution in [0.1, 0.15) is 5.69 Å². The number of nitrogens with zero attached hydrogens (tertiary/aromatic N) is 3. The predicted octanol–water partition coefficient (Wildman–Crippen LogP) is -0.592. The Hall–Kier alpha value is -1.07. The fourth-order valence-corrected chi connectivity index (χ4v) is 1.69. The van der Waals surface area contributed by atoms with Crippen LogP contribution in [0.15, 0.2) is 6.33 Å². The first-order chi connectivity index (χ1) is 6.77. The number of anilines is 1. The number of nitrogen functional groups attached to an aromatic ring is 1. The molecule has 78 valence electrons. The smallest absolute Gasteiger partial charge is 0.127 e. The van der Waals surface area contributed by atoms with Crippen molar-refractivity contribution in [2.75, 3.05) is 31.9 Å². The maximum Gasteiger partial charge on any atom is 0.127 e. The van der Waals surface area contributed by atoms with Crippen LogP contribution in [-0.4, -0.2) is 40.6 Å². The SMILES string of the molecule is Cn1cnc(CN2CCNCC2)c1N. The summed E-state index contributed by atoms with van der Waals surface area (Å²) in [6.07, 6.45) is 1.77. The molecule has 0 aromatic carbocycles. The van der Waals surface area contributed by atoms with Gasteiger partial charge in [-0.05, 0) is 0 Å². The van der Waals surface area contributed by atoms with Gasteiger partial charge in [-0.3, -0.25) is 4.90 Å². The maximum atomic E-state index is 5.88. The summed E-state index contributed by atoms with van der Waals surface area (Å²) in [4.78, 5) is 6.66. The molecule has 5 nitrogen and oxygen atoms in total. The van der Waals surface area contributed by atoms with E-state index < -0.39 is 0 Å². The predicted molar refractivity (Wildman–Crippen MR) is 55.8 cm³/mol. The summed E-state index contributed by atoms with van der Waals surface area (Å²) in [6.45, 7) is 5.15. The van der Waals surface area contributed by atoms with Crippen LogP contribution >= 0.6 is 0 Å². The highest BCUT2D eigenvalue weighted by Crippen LogP contribution is 2.11. The lowest BCUT2D eigenvalue weighted by atomic mass is 10.3. The fourth-order valence-electron chi connectivity index (χ4n) is 1.69. The zero-order valence-electron chi connectivity index (χ0n) is 8.53.